The summed E-state index contributed by atoms with van der Waals surface area (Å²) in [5.41, 5.74) is -0.182. The number of aromatic nitrogens is 2. The number of aryl methyl sites for hydroxylation is 1. The fraction of sp³-hybridized carbons (Fsp3) is 0.714. The topological polar surface area (TPSA) is 46.9 Å². The van der Waals surface area contributed by atoms with E-state index in [0.717, 1.165) is 45.3 Å². The van der Waals surface area contributed by atoms with Gasteiger partial charge in [-0.1, -0.05) is 13.3 Å². The van der Waals surface area contributed by atoms with Crippen LogP contribution in [0.4, 0.5) is 0 Å². The van der Waals surface area contributed by atoms with Crippen molar-refractivity contribution < 1.29 is 4.79 Å². The number of hydrogen-bond acceptors (Lipinski definition) is 3. The number of nitrogens with zero attached hydrogens (tertiary/aromatic N) is 2. The monoisotopic (exact) mass is 249 g/mol. The van der Waals surface area contributed by atoms with Crippen molar-refractivity contribution in [3.05, 3.63) is 18.2 Å². The van der Waals surface area contributed by atoms with Gasteiger partial charge in [0.05, 0.1) is 0 Å². The lowest BCUT2D eigenvalue weighted by Crippen LogP contribution is -2.43. The molecule has 0 spiro atoms. The first-order chi connectivity index (χ1) is 8.73. The van der Waals surface area contributed by atoms with Crippen molar-refractivity contribution in [1.82, 2.24) is 14.9 Å². The Labute approximate surface area is 109 Å². The summed E-state index contributed by atoms with van der Waals surface area (Å²) in [6, 6.07) is 0. The third kappa shape index (κ3) is 2.34. The normalized spacial score (nSPS) is 18.8. The van der Waals surface area contributed by atoms with Gasteiger partial charge in [-0.15, -0.1) is 0 Å². The van der Waals surface area contributed by atoms with Crippen molar-refractivity contribution in [2.24, 2.45) is 5.41 Å². The van der Waals surface area contributed by atoms with Crippen LogP contribution in [-0.2, 0) is 6.54 Å². The molecule has 100 valence electrons. The molecule has 0 atom stereocenters. The van der Waals surface area contributed by atoms with E-state index in [-0.39, 0.29) is 11.2 Å². The Kier molecular flexibility index (Phi) is 4.17. The number of nitrogens with one attached hydrogen (secondary N) is 1. The Balaban J connectivity index is 2.28. The maximum absolute atomic E-state index is 12.8. The molecule has 1 aliphatic heterocycles. The number of imidazole rings is 1. The SMILES string of the molecule is CCCC1(C(=O)c2nccn2CC)CCNCC1. The molecule has 18 heavy (non-hydrogen) atoms. The number of hydrogen-bond donors (Lipinski definition) is 1. The van der Waals surface area contributed by atoms with E-state index in [2.05, 4.69) is 17.2 Å². The van der Waals surface area contributed by atoms with Crippen molar-refractivity contribution in [1.29, 1.82) is 0 Å². The lowest BCUT2D eigenvalue weighted by Gasteiger charge is -2.35. The van der Waals surface area contributed by atoms with E-state index in [4.69, 9.17) is 0 Å². The molecule has 0 unspecified atom stereocenters. The van der Waals surface area contributed by atoms with Crippen molar-refractivity contribution in [2.45, 2.75) is 46.1 Å². The summed E-state index contributed by atoms with van der Waals surface area (Å²) in [7, 11) is 0. The highest BCUT2D eigenvalue weighted by Crippen LogP contribution is 2.37. The first-order valence-corrected chi connectivity index (χ1v) is 7.00. The fourth-order valence-electron chi connectivity index (χ4n) is 2.99. The zero-order valence-electron chi connectivity index (χ0n) is 11.4. The average Bonchev–Trinajstić information content (AvgIpc) is 2.87. The summed E-state index contributed by atoms with van der Waals surface area (Å²) < 4.78 is 1.96. The van der Waals surface area contributed by atoms with Gasteiger partial charge in [-0.05, 0) is 39.3 Å². The molecular formula is C14H23N3O. The molecule has 1 aromatic heterocycles. The van der Waals surface area contributed by atoms with Crippen LogP contribution < -0.4 is 5.32 Å². The van der Waals surface area contributed by atoms with Gasteiger partial charge in [0.2, 0.25) is 5.78 Å². The Bertz CT molecular complexity index is 399. The molecule has 1 saturated heterocycles. The van der Waals surface area contributed by atoms with Gasteiger partial charge in [0.25, 0.3) is 0 Å². The van der Waals surface area contributed by atoms with Crippen LogP contribution in [0.2, 0.25) is 0 Å². The Hall–Kier alpha value is -1.16. The lowest BCUT2D eigenvalue weighted by molar-refractivity contribution is 0.0687. The highest BCUT2D eigenvalue weighted by molar-refractivity contribution is 5.97. The van der Waals surface area contributed by atoms with Gasteiger partial charge in [0.15, 0.2) is 5.82 Å². The maximum atomic E-state index is 12.8. The second-order valence-electron chi connectivity index (χ2n) is 5.15. The third-order valence-corrected chi connectivity index (χ3v) is 4.03. The standard InChI is InChI=1S/C14H23N3O/c1-3-5-14(6-8-15-9-7-14)12(18)13-16-10-11-17(13)4-2/h10-11,15H,3-9H2,1-2H3. The average molecular weight is 249 g/mol. The molecule has 2 rings (SSSR count). The van der Waals surface area contributed by atoms with E-state index in [1.165, 1.54) is 0 Å². The quantitative estimate of drug-likeness (QED) is 0.814. The molecule has 1 N–H and O–H groups in total. The predicted octanol–water partition coefficient (Wildman–Crippen LogP) is 2.26. The molecule has 2 heterocycles. The van der Waals surface area contributed by atoms with Gasteiger partial charge in [0.1, 0.15) is 0 Å². The van der Waals surface area contributed by atoms with E-state index in [1.54, 1.807) is 6.20 Å². The summed E-state index contributed by atoms with van der Waals surface area (Å²) in [5.74, 6) is 0.894. The number of carbonyl (C=O) groups is 1. The number of piperidine rings is 1. The Morgan fingerprint density at radius 3 is 2.78 bits per heavy atom. The predicted molar refractivity (Wildman–Crippen MR) is 71.7 cm³/mol. The van der Waals surface area contributed by atoms with Crippen molar-refractivity contribution in [3.63, 3.8) is 0 Å². The third-order valence-electron chi connectivity index (χ3n) is 4.03. The van der Waals surface area contributed by atoms with Crippen molar-refractivity contribution >= 4 is 5.78 Å². The summed E-state index contributed by atoms with van der Waals surface area (Å²) in [5, 5.41) is 3.35. The molecule has 0 bridgehead atoms. The molecule has 1 fully saturated rings. The highest BCUT2D eigenvalue weighted by Gasteiger charge is 2.40. The van der Waals surface area contributed by atoms with Crippen LogP contribution >= 0.6 is 0 Å². The van der Waals surface area contributed by atoms with Gasteiger partial charge in [-0.3, -0.25) is 4.79 Å². The summed E-state index contributed by atoms with van der Waals surface area (Å²) in [4.78, 5) is 17.1. The lowest BCUT2D eigenvalue weighted by atomic mass is 9.72. The molecule has 4 heteroatoms. The summed E-state index contributed by atoms with van der Waals surface area (Å²) >= 11 is 0. The zero-order chi connectivity index (χ0) is 13.0. The smallest absolute Gasteiger partial charge is 0.204 e. The van der Waals surface area contributed by atoms with Crippen LogP contribution in [0.3, 0.4) is 0 Å². The zero-order valence-corrected chi connectivity index (χ0v) is 11.4. The first-order valence-electron chi connectivity index (χ1n) is 7.00. The molecular weight excluding hydrogens is 226 g/mol. The molecule has 0 saturated carbocycles. The molecule has 0 radical (unpaired) electrons. The van der Waals surface area contributed by atoms with Crippen LogP contribution in [0, 0.1) is 5.41 Å². The largest absolute Gasteiger partial charge is 0.329 e. The van der Waals surface area contributed by atoms with Crippen LogP contribution in [0.25, 0.3) is 0 Å². The maximum Gasteiger partial charge on any atom is 0.204 e. The number of ketones is 1. The molecule has 0 aliphatic carbocycles. The Morgan fingerprint density at radius 2 is 2.17 bits per heavy atom. The number of rotatable bonds is 5. The minimum Gasteiger partial charge on any atom is -0.329 e. The summed E-state index contributed by atoms with van der Waals surface area (Å²) in [6.07, 6.45) is 7.54. The van der Waals surface area contributed by atoms with Crippen LogP contribution in [-0.4, -0.2) is 28.4 Å². The van der Waals surface area contributed by atoms with Crippen LogP contribution in [0.5, 0.6) is 0 Å². The van der Waals surface area contributed by atoms with Crippen molar-refractivity contribution in [2.75, 3.05) is 13.1 Å². The minimum absolute atomic E-state index is 0.182. The van der Waals surface area contributed by atoms with E-state index in [1.807, 2.05) is 17.7 Å². The number of carbonyl (C=O) groups excluding carboxylic acids is 1. The van der Waals surface area contributed by atoms with E-state index in [9.17, 15) is 4.79 Å². The minimum atomic E-state index is -0.182. The van der Waals surface area contributed by atoms with Gasteiger partial charge in [-0.2, -0.15) is 0 Å². The molecule has 4 nitrogen and oxygen atoms in total. The first kappa shape index (κ1) is 13.3. The van der Waals surface area contributed by atoms with Crippen LogP contribution in [0.15, 0.2) is 12.4 Å². The molecule has 1 aliphatic rings. The van der Waals surface area contributed by atoms with E-state index in [0.29, 0.717) is 5.82 Å². The fourth-order valence-corrected chi connectivity index (χ4v) is 2.99. The highest BCUT2D eigenvalue weighted by atomic mass is 16.1. The van der Waals surface area contributed by atoms with E-state index >= 15 is 0 Å². The van der Waals surface area contributed by atoms with Gasteiger partial charge in [-0.25, -0.2) is 4.98 Å². The van der Waals surface area contributed by atoms with Gasteiger partial charge < -0.3 is 9.88 Å². The second-order valence-corrected chi connectivity index (χ2v) is 5.15. The summed E-state index contributed by atoms with van der Waals surface area (Å²) in [6.45, 7) is 6.90. The molecule has 0 aromatic carbocycles. The Morgan fingerprint density at radius 1 is 1.44 bits per heavy atom. The second kappa shape index (κ2) is 5.65. The number of Topliss-reactive ketones (excluding diaryl/α,β-unsaturated/α-hetero) is 1. The van der Waals surface area contributed by atoms with Gasteiger partial charge >= 0.3 is 0 Å². The van der Waals surface area contributed by atoms with E-state index < -0.39 is 0 Å². The molecule has 1 aromatic rings. The molecule has 0 amide bonds. The van der Waals surface area contributed by atoms with Crippen LogP contribution in [0.1, 0.15) is 50.1 Å². The van der Waals surface area contributed by atoms with Gasteiger partial charge in [0, 0.05) is 24.4 Å². The van der Waals surface area contributed by atoms with Crippen molar-refractivity contribution in [3.8, 4) is 0 Å².